The second kappa shape index (κ2) is 4.35. The number of para-hydroxylation sites is 1. The molecule has 94 valence electrons. The number of H-pyrrole nitrogens is 1. The van der Waals surface area contributed by atoms with Crippen LogP contribution in [-0.2, 0) is 0 Å². The van der Waals surface area contributed by atoms with Gasteiger partial charge in [-0.1, -0.05) is 18.6 Å². The van der Waals surface area contributed by atoms with Crippen molar-refractivity contribution < 1.29 is 0 Å². The van der Waals surface area contributed by atoms with E-state index in [-0.39, 0.29) is 11.6 Å². The predicted octanol–water partition coefficient (Wildman–Crippen LogP) is 3.42. The molecule has 1 aromatic carbocycles. The highest BCUT2D eigenvalue weighted by atomic mass is 32.1. The van der Waals surface area contributed by atoms with Gasteiger partial charge in [-0.25, -0.2) is 0 Å². The predicted molar refractivity (Wildman–Crippen MR) is 75.4 cm³/mol. The van der Waals surface area contributed by atoms with Gasteiger partial charge < -0.3 is 4.98 Å². The van der Waals surface area contributed by atoms with Gasteiger partial charge in [0.1, 0.15) is 0 Å². The van der Waals surface area contributed by atoms with Gasteiger partial charge in [0.2, 0.25) is 0 Å². The molecule has 1 heterocycles. The minimum Gasteiger partial charge on any atom is -0.332 e. The van der Waals surface area contributed by atoms with Crippen molar-refractivity contribution in [3.05, 3.63) is 39.4 Å². The van der Waals surface area contributed by atoms with Crippen molar-refractivity contribution in [1.29, 1.82) is 0 Å². The Morgan fingerprint density at radius 3 is 2.78 bits per heavy atom. The standard InChI is InChI=1S/C14H16N2OS/c1-9(10-5-4-6-10)16-13(17)11-7-2-3-8-12(11)15-14(16)18/h2-3,7-10H,4-6H2,1H3,(H,15,18). The third-order valence-electron chi connectivity index (χ3n) is 4.08. The molecular formula is C14H16N2OS. The third-order valence-corrected chi connectivity index (χ3v) is 4.37. The van der Waals surface area contributed by atoms with E-state index in [1.165, 1.54) is 19.3 Å². The minimum absolute atomic E-state index is 0.0359. The van der Waals surface area contributed by atoms with Crippen LogP contribution >= 0.6 is 12.2 Å². The zero-order chi connectivity index (χ0) is 12.7. The van der Waals surface area contributed by atoms with Gasteiger partial charge in [0.25, 0.3) is 5.56 Å². The average Bonchev–Trinajstić information content (AvgIpc) is 2.26. The molecule has 0 aliphatic heterocycles. The van der Waals surface area contributed by atoms with E-state index < -0.39 is 0 Å². The van der Waals surface area contributed by atoms with E-state index in [9.17, 15) is 4.79 Å². The zero-order valence-corrected chi connectivity index (χ0v) is 11.2. The molecule has 1 fully saturated rings. The highest BCUT2D eigenvalue weighted by Crippen LogP contribution is 2.35. The first-order valence-electron chi connectivity index (χ1n) is 6.42. The third kappa shape index (κ3) is 1.72. The monoisotopic (exact) mass is 260 g/mol. The van der Waals surface area contributed by atoms with Crippen molar-refractivity contribution >= 4 is 23.1 Å². The summed E-state index contributed by atoms with van der Waals surface area (Å²) in [5, 5.41) is 0.720. The Morgan fingerprint density at radius 1 is 1.39 bits per heavy atom. The molecule has 4 heteroatoms. The van der Waals surface area contributed by atoms with Crippen LogP contribution in [0.2, 0.25) is 0 Å². The number of aromatic nitrogens is 2. The van der Waals surface area contributed by atoms with E-state index in [0.29, 0.717) is 10.7 Å². The summed E-state index contributed by atoms with van der Waals surface area (Å²) >= 11 is 5.34. The van der Waals surface area contributed by atoms with Gasteiger partial charge in [0, 0.05) is 6.04 Å². The maximum Gasteiger partial charge on any atom is 0.262 e. The molecule has 1 saturated carbocycles. The van der Waals surface area contributed by atoms with E-state index in [0.717, 1.165) is 10.9 Å². The van der Waals surface area contributed by atoms with Crippen LogP contribution < -0.4 is 5.56 Å². The van der Waals surface area contributed by atoms with E-state index in [4.69, 9.17) is 12.2 Å². The maximum atomic E-state index is 12.5. The summed E-state index contributed by atoms with van der Waals surface area (Å²) in [6, 6.07) is 7.74. The molecule has 3 nitrogen and oxygen atoms in total. The highest BCUT2D eigenvalue weighted by molar-refractivity contribution is 7.71. The molecule has 0 radical (unpaired) electrons. The maximum absolute atomic E-state index is 12.5. The first-order valence-corrected chi connectivity index (χ1v) is 6.83. The SMILES string of the molecule is CC(C1CCC1)n1c(=S)[nH]c2ccccc2c1=O. The molecule has 0 spiro atoms. The molecule has 1 aliphatic rings. The number of benzene rings is 1. The fraction of sp³-hybridized carbons (Fsp3) is 0.429. The molecule has 0 bridgehead atoms. The number of nitrogens with one attached hydrogen (secondary N) is 1. The molecule has 2 aromatic rings. The van der Waals surface area contributed by atoms with Gasteiger partial charge >= 0.3 is 0 Å². The van der Waals surface area contributed by atoms with Crippen molar-refractivity contribution in [1.82, 2.24) is 9.55 Å². The first-order chi connectivity index (χ1) is 8.68. The molecule has 0 saturated heterocycles. The first kappa shape index (κ1) is 11.7. The van der Waals surface area contributed by atoms with Gasteiger partial charge in [0.15, 0.2) is 4.77 Å². The molecule has 18 heavy (non-hydrogen) atoms. The topological polar surface area (TPSA) is 37.8 Å². The van der Waals surface area contributed by atoms with E-state index in [1.54, 1.807) is 4.57 Å². The number of hydrogen-bond donors (Lipinski definition) is 1. The van der Waals surface area contributed by atoms with Gasteiger partial charge in [0.05, 0.1) is 10.9 Å². The Balaban J connectivity index is 2.22. The summed E-state index contributed by atoms with van der Waals surface area (Å²) in [5.41, 5.74) is 0.860. The summed E-state index contributed by atoms with van der Waals surface area (Å²) < 4.78 is 2.29. The molecule has 1 aromatic heterocycles. The molecule has 1 atom stereocenters. The number of fused-ring (bicyclic) bond motifs is 1. The second-order valence-corrected chi connectivity index (χ2v) is 5.47. The molecule has 1 unspecified atom stereocenters. The van der Waals surface area contributed by atoms with Crippen molar-refractivity contribution in [2.75, 3.05) is 0 Å². The van der Waals surface area contributed by atoms with Gasteiger partial charge in [-0.05, 0) is 50.0 Å². The Kier molecular flexibility index (Phi) is 2.82. The van der Waals surface area contributed by atoms with Crippen LogP contribution in [0, 0.1) is 10.7 Å². The van der Waals surface area contributed by atoms with Gasteiger partial charge in [-0.2, -0.15) is 0 Å². The fourth-order valence-electron chi connectivity index (χ4n) is 2.68. The van der Waals surface area contributed by atoms with Crippen LogP contribution in [0.4, 0.5) is 0 Å². The van der Waals surface area contributed by atoms with Crippen molar-refractivity contribution in [2.45, 2.75) is 32.2 Å². The van der Waals surface area contributed by atoms with E-state index >= 15 is 0 Å². The van der Waals surface area contributed by atoms with Crippen molar-refractivity contribution in [3.63, 3.8) is 0 Å². The molecular weight excluding hydrogens is 244 g/mol. The van der Waals surface area contributed by atoms with Crippen LogP contribution in [0.1, 0.15) is 32.2 Å². The molecule has 1 N–H and O–H groups in total. The molecule has 1 aliphatic carbocycles. The Labute approximate surface area is 110 Å². The molecule has 3 rings (SSSR count). The summed E-state index contributed by atoms with van der Waals surface area (Å²) in [6.45, 7) is 2.10. The highest BCUT2D eigenvalue weighted by Gasteiger charge is 2.26. The quantitative estimate of drug-likeness (QED) is 0.840. The summed E-state index contributed by atoms with van der Waals surface area (Å²) in [7, 11) is 0. The van der Waals surface area contributed by atoms with Crippen LogP contribution in [0.25, 0.3) is 10.9 Å². The zero-order valence-electron chi connectivity index (χ0n) is 10.3. The lowest BCUT2D eigenvalue weighted by Gasteiger charge is -2.32. The lowest BCUT2D eigenvalue weighted by molar-refractivity contribution is 0.217. The number of hydrogen-bond acceptors (Lipinski definition) is 2. The largest absolute Gasteiger partial charge is 0.332 e. The van der Waals surface area contributed by atoms with Crippen LogP contribution in [0.3, 0.4) is 0 Å². The van der Waals surface area contributed by atoms with Crippen LogP contribution in [0.5, 0.6) is 0 Å². The van der Waals surface area contributed by atoms with Crippen LogP contribution in [-0.4, -0.2) is 9.55 Å². The average molecular weight is 260 g/mol. The molecule has 0 amide bonds. The normalized spacial score (nSPS) is 17.6. The number of aromatic amines is 1. The summed E-state index contributed by atoms with van der Waals surface area (Å²) in [5.74, 6) is 0.596. The van der Waals surface area contributed by atoms with E-state index in [2.05, 4.69) is 11.9 Å². The summed E-state index contributed by atoms with van der Waals surface area (Å²) in [4.78, 5) is 15.7. The Morgan fingerprint density at radius 2 is 2.11 bits per heavy atom. The lowest BCUT2D eigenvalue weighted by atomic mass is 9.80. The van der Waals surface area contributed by atoms with Gasteiger partial charge in [-0.3, -0.25) is 9.36 Å². The minimum atomic E-state index is 0.0359. The second-order valence-electron chi connectivity index (χ2n) is 5.08. The fourth-order valence-corrected chi connectivity index (χ4v) is 3.04. The Bertz CT molecular complexity index is 697. The van der Waals surface area contributed by atoms with E-state index in [1.807, 2.05) is 24.3 Å². The van der Waals surface area contributed by atoms with Crippen molar-refractivity contribution in [2.24, 2.45) is 5.92 Å². The Hall–Kier alpha value is -1.42. The van der Waals surface area contributed by atoms with Crippen molar-refractivity contribution in [3.8, 4) is 0 Å². The summed E-state index contributed by atoms with van der Waals surface area (Å²) in [6.07, 6.45) is 3.68. The smallest absolute Gasteiger partial charge is 0.262 e. The number of rotatable bonds is 2. The number of nitrogens with zero attached hydrogens (tertiary/aromatic N) is 1. The van der Waals surface area contributed by atoms with Crippen LogP contribution in [0.15, 0.2) is 29.1 Å². The van der Waals surface area contributed by atoms with Gasteiger partial charge in [-0.15, -0.1) is 0 Å². The lowest BCUT2D eigenvalue weighted by Crippen LogP contribution is -2.32.